The fourth-order valence-electron chi connectivity index (χ4n) is 3.09. The molecule has 0 spiro atoms. The molecule has 0 radical (unpaired) electrons. The van der Waals surface area contributed by atoms with Crippen molar-refractivity contribution < 1.29 is 0 Å². The number of nitrogens with one attached hydrogen (secondary N) is 1. The summed E-state index contributed by atoms with van der Waals surface area (Å²) in [7, 11) is 0. The largest absolute Gasteiger partial charge is 0.314 e. The molecule has 0 saturated carbocycles. The Morgan fingerprint density at radius 1 is 1.17 bits per heavy atom. The Bertz CT molecular complexity index is 203. The van der Waals surface area contributed by atoms with E-state index >= 15 is 0 Å². The monoisotopic (exact) mass is 254 g/mol. The fourth-order valence-corrected chi connectivity index (χ4v) is 3.09. The second-order valence-corrected chi connectivity index (χ2v) is 6.37. The van der Waals surface area contributed by atoms with Crippen LogP contribution in [0.25, 0.3) is 0 Å². The summed E-state index contributed by atoms with van der Waals surface area (Å²) in [6, 6.07) is 1.37. The molecule has 1 aliphatic rings. The van der Waals surface area contributed by atoms with Gasteiger partial charge in [0.25, 0.3) is 0 Å². The third-order valence-electron chi connectivity index (χ3n) is 4.32. The quantitative estimate of drug-likeness (QED) is 0.746. The molecule has 1 aliphatic heterocycles. The molecule has 0 aliphatic carbocycles. The van der Waals surface area contributed by atoms with Crippen molar-refractivity contribution in [3.05, 3.63) is 0 Å². The molecule has 0 amide bonds. The van der Waals surface area contributed by atoms with Crippen LogP contribution in [0.15, 0.2) is 0 Å². The van der Waals surface area contributed by atoms with Crippen molar-refractivity contribution in [2.45, 2.75) is 78.3 Å². The van der Waals surface area contributed by atoms with Gasteiger partial charge in [0.2, 0.25) is 0 Å². The lowest BCUT2D eigenvalue weighted by atomic mass is 9.96. The van der Waals surface area contributed by atoms with Crippen LogP contribution in [0.2, 0.25) is 0 Å². The molecular formula is C16H34N2. The number of likely N-dealkylation sites (tertiary alicyclic amines) is 1. The molecule has 18 heavy (non-hydrogen) atoms. The first-order valence-corrected chi connectivity index (χ1v) is 8.11. The van der Waals surface area contributed by atoms with Crippen LogP contribution in [0.3, 0.4) is 0 Å². The van der Waals surface area contributed by atoms with E-state index in [2.05, 4.69) is 37.9 Å². The van der Waals surface area contributed by atoms with E-state index in [1.165, 1.54) is 51.6 Å². The molecule has 2 nitrogen and oxygen atoms in total. The van der Waals surface area contributed by atoms with Crippen molar-refractivity contribution in [1.29, 1.82) is 0 Å². The van der Waals surface area contributed by atoms with E-state index in [0.717, 1.165) is 18.5 Å². The van der Waals surface area contributed by atoms with Crippen molar-refractivity contribution in [3.8, 4) is 0 Å². The van der Waals surface area contributed by atoms with Gasteiger partial charge in [-0.15, -0.1) is 0 Å². The average molecular weight is 254 g/mol. The van der Waals surface area contributed by atoms with Crippen LogP contribution < -0.4 is 5.32 Å². The lowest BCUT2D eigenvalue weighted by Gasteiger charge is -2.28. The number of hydrogen-bond acceptors (Lipinski definition) is 2. The lowest BCUT2D eigenvalue weighted by Crippen LogP contribution is -2.37. The van der Waals surface area contributed by atoms with Crippen molar-refractivity contribution in [2.75, 3.05) is 19.6 Å². The third-order valence-corrected chi connectivity index (χ3v) is 4.32. The van der Waals surface area contributed by atoms with E-state index < -0.39 is 0 Å². The standard InChI is InChI=1S/C16H34N2/c1-5-7-16-8-6-12-18(13-10-16)15(4)9-11-17-14(2)3/h14-17H,5-13H2,1-4H3. The summed E-state index contributed by atoms with van der Waals surface area (Å²) in [6.45, 7) is 13.0. The zero-order valence-corrected chi connectivity index (χ0v) is 13.0. The summed E-state index contributed by atoms with van der Waals surface area (Å²) in [5, 5.41) is 3.53. The second kappa shape index (κ2) is 8.92. The minimum absolute atomic E-state index is 0.621. The summed E-state index contributed by atoms with van der Waals surface area (Å²) >= 11 is 0. The van der Waals surface area contributed by atoms with Crippen LogP contribution in [0.1, 0.15) is 66.2 Å². The van der Waals surface area contributed by atoms with Crippen molar-refractivity contribution in [2.24, 2.45) is 5.92 Å². The minimum atomic E-state index is 0.621. The highest BCUT2D eigenvalue weighted by atomic mass is 15.1. The number of rotatable bonds is 7. The van der Waals surface area contributed by atoms with E-state index in [-0.39, 0.29) is 0 Å². The third kappa shape index (κ3) is 6.19. The molecular weight excluding hydrogens is 220 g/mol. The lowest BCUT2D eigenvalue weighted by molar-refractivity contribution is 0.202. The first-order chi connectivity index (χ1) is 8.63. The van der Waals surface area contributed by atoms with Crippen molar-refractivity contribution in [1.82, 2.24) is 10.2 Å². The molecule has 0 aromatic rings. The van der Waals surface area contributed by atoms with Crippen LogP contribution >= 0.6 is 0 Å². The SMILES string of the molecule is CCCC1CCCN(C(C)CCNC(C)C)CC1. The molecule has 1 fully saturated rings. The van der Waals surface area contributed by atoms with Crippen LogP contribution in [0, 0.1) is 5.92 Å². The summed E-state index contributed by atoms with van der Waals surface area (Å²) in [4.78, 5) is 2.72. The van der Waals surface area contributed by atoms with Crippen LogP contribution in [-0.2, 0) is 0 Å². The molecule has 2 atom stereocenters. The maximum absolute atomic E-state index is 3.53. The number of nitrogens with zero attached hydrogens (tertiary/aromatic N) is 1. The van der Waals surface area contributed by atoms with Gasteiger partial charge in [0.05, 0.1) is 0 Å². The molecule has 1 N–H and O–H groups in total. The topological polar surface area (TPSA) is 15.3 Å². The molecule has 0 aromatic heterocycles. The Labute approximate surface area is 115 Å². The maximum Gasteiger partial charge on any atom is 0.00790 e. The van der Waals surface area contributed by atoms with Gasteiger partial charge in [-0.1, -0.05) is 33.6 Å². The highest BCUT2D eigenvalue weighted by Gasteiger charge is 2.19. The highest BCUT2D eigenvalue weighted by molar-refractivity contribution is 4.75. The Kier molecular flexibility index (Phi) is 7.92. The van der Waals surface area contributed by atoms with Gasteiger partial charge in [-0.2, -0.15) is 0 Å². The van der Waals surface area contributed by atoms with Gasteiger partial charge >= 0.3 is 0 Å². The molecule has 1 rings (SSSR count). The Balaban J connectivity index is 2.24. The summed E-state index contributed by atoms with van der Waals surface area (Å²) in [5.41, 5.74) is 0. The average Bonchev–Trinajstić information content (AvgIpc) is 2.54. The van der Waals surface area contributed by atoms with Gasteiger partial charge in [0, 0.05) is 12.1 Å². The highest BCUT2D eigenvalue weighted by Crippen LogP contribution is 2.23. The predicted octanol–water partition coefficient (Wildman–Crippen LogP) is 3.67. The first-order valence-electron chi connectivity index (χ1n) is 8.11. The zero-order chi connectivity index (χ0) is 13.4. The maximum atomic E-state index is 3.53. The molecule has 108 valence electrons. The Morgan fingerprint density at radius 3 is 2.61 bits per heavy atom. The van der Waals surface area contributed by atoms with E-state index in [4.69, 9.17) is 0 Å². The van der Waals surface area contributed by atoms with Gasteiger partial charge < -0.3 is 10.2 Å². The van der Waals surface area contributed by atoms with Crippen molar-refractivity contribution in [3.63, 3.8) is 0 Å². The minimum Gasteiger partial charge on any atom is -0.314 e. The van der Waals surface area contributed by atoms with Gasteiger partial charge in [-0.05, 0) is 58.2 Å². The summed E-state index contributed by atoms with van der Waals surface area (Å²) in [5.74, 6) is 1.00. The van der Waals surface area contributed by atoms with E-state index in [1.54, 1.807) is 0 Å². The molecule has 0 aromatic carbocycles. The van der Waals surface area contributed by atoms with Crippen LogP contribution in [0.5, 0.6) is 0 Å². The van der Waals surface area contributed by atoms with Gasteiger partial charge in [0.1, 0.15) is 0 Å². The fraction of sp³-hybridized carbons (Fsp3) is 1.00. The normalized spacial score (nSPS) is 24.2. The van der Waals surface area contributed by atoms with Crippen LogP contribution in [-0.4, -0.2) is 36.6 Å². The first kappa shape index (κ1) is 16.0. The van der Waals surface area contributed by atoms with E-state index in [9.17, 15) is 0 Å². The van der Waals surface area contributed by atoms with Crippen LogP contribution in [0.4, 0.5) is 0 Å². The molecule has 1 saturated heterocycles. The van der Waals surface area contributed by atoms with E-state index in [0.29, 0.717) is 6.04 Å². The van der Waals surface area contributed by atoms with E-state index in [1.807, 2.05) is 0 Å². The molecule has 2 heteroatoms. The Hall–Kier alpha value is -0.0800. The molecule has 0 bridgehead atoms. The molecule has 1 heterocycles. The van der Waals surface area contributed by atoms with Crippen molar-refractivity contribution >= 4 is 0 Å². The zero-order valence-electron chi connectivity index (χ0n) is 13.0. The number of hydrogen-bond donors (Lipinski definition) is 1. The molecule has 2 unspecified atom stereocenters. The predicted molar refractivity (Wildman–Crippen MR) is 81.0 cm³/mol. The van der Waals surface area contributed by atoms with Gasteiger partial charge in [-0.3, -0.25) is 0 Å². The van der Waals surface area contributed by atoms with Gasteiger partial charge in [0.15, 0.2) is 0 Å². The second-order valence-electron chi connectivity index (χ2n) is 6.37. The summed E-state index contributed by atoms with van der Waals surface area (Å²) in [6.07, 6.45) is 8.38. The smallest absolute Gasteiger partial charge is 0.00790 e. The van der Waals surface area contributed by atoms with Gasteiger partial charge in [-0.25, -0.2) is 0 Å². The Morgan fingerprint density at radius 2 is 1.94 bits per heavy atom. The summed E-state index contributed by atoms with van der Waals surface area (Å²) < 4.78 is 0.